The van der Waals surface area contributed by atoms with Crippen molar-refractivity contribution in [3.63, 3.8) is 0 Å². The molecule has 0 spiro atoms. The molecule has 2 rings (SSSR count). The summed E-state index contributed by atoms with van der Waals surface area (Å²) in [5.41, 5.74) is -0.792. The Hall–Kier alpha value is -2.48. The van der Waals surface area contributed by atoms with E-state index in [1.165, 1.54) is 19.1 Å². The van der Waals surface area contributed by atoms with Crippen molar-refractivity contribution in [2.24, 2.45) is 0 Å². The number of halogens is 4. The predicted octanol–water partition coefficient (Wildman–Crippen LogP) is 2.69. The average Bonchev–Trinajstić information content (AvgIpc) is 2.57. The van der Waals surface area contributed by atoms with Crippen LogP contribution in [0.15, 0.2) is 42.6 Å². The minimum absolute atomic E-state index is 0.0529. The molecule has 0 fully saturated rings. The molecule has 24 heavy (non-hydrogen) atoms. The standard InChI is InChI=1S/C16H14F4N2O2/c1-9(14(23)10-5-6-11(17)12(18)8-10)22-15(24)16(19,20)13-4-2-3-7-21-13/h2-9,14,23H,1H3,(H,22,24). The lowest BCUT2D eigenvalue weighted by atomic mass is 10.0. The summed E-state index contributed by atoms with van der Waals surface area (Å²) in [5, 5.41) is 12.0. The van der Waals surface area contributed by atoms with Gasteiger partial charge in [0.25, 0.3) is 5.91 Å². The number of aliphatic hydroxyl groups excluding tert-OH is 1. The molecular formula is C16H14F4N2O2. The minimum Gasteiger partial charge on any atom is -0.386 e. The minimum atomic E-state index is -3.90. The molecule has 0 saturated carbocycles. The van der Waals surface area contributed by atoms with Crippen LogP contribution in [-0.4, -0.2) is 22.0 Å². The molecule has 0 saturated heterocycles. The molecule has 0 bridgehead atoms. The molecule has 2 atom stereocenters. The summed E-state index contributed by atoms with van der Waals surface area (Å²) < 4.78 is 54.1. The fraction of sp³-hybridized carbons (Fsp3) is 0.250. The first-order valence-corrected chi connectivity index (χ1v) is 6.96. The maximum Gasteiger partial charge on any atom is 0.366 e. The number of nitrogens with one attached hydrogen (secondary N) is 1. The topological polar surface area (TPSA) is 62.2 Å². The molecule has 1 aromatic heterocycles. The van der Waals surface area contributed by atoms with Gasteiger partial charge in [-0.25, -0.2) is 8.78 Å². The van der Waals surface area contributed by atoms with E-state index in [1.54, 1.807) is 0 Å². The van der Waals surface area contributed by atoms with Crippen LogP contribution in [0.1, 0.15) is 24.3 Å². The van der Waals surface area contributed by atoms with Gasteiger partial charge in [-0.15, -0.1) is 0 Å². The van der Waals surface area contributed by atoms with Crippen molar-refractivity contribution in [2.75, 3.05) is 0 Å². The molecule has 128 valence electrons. The number of carbonyl (C=O) groups excluding carboxylic acids is 1. The SMILES string of the molecule is CC(NC(=O)C(F)(F)c1ccccn1)C(O)c1ccc(F)c(F)c1. The highest BCUT2D eigenvalue weighted by Gasteiger charge is 2.43. The molecule has 1 aromatic carbocycles. The highest BCUT2D eigenvalue weighted by Crippen LogP contribution is 2.27. The van der Waals surface area contributed by atoms with Crippen LogP contribution in [0.3, 0.4) is 0 Å². The summed E-state index contributed by atoms with van der Waals surface area (Å²) in [6.07, 6.45) is -0.376. The molecular weight excluding hydrogens is 328 g/mol. The number of rotatable bonds is 5. The number of benzene rings is 1. The Labute approximate surface area is 135 Å². The van der Waals surface area contributed by atoms with E-state index in [1.807, 2.05) is 5.32 Å². The fourth-order valence-electron chi connectivity index (χ4n) is 2.03. The number of pyridine rings is 1. The van der Waals surface area contributed by atoms with Crippen molar-refractivity contribution in [3.05, 3.63) is 65.5 Å². The molecule has 4 nitrogen and oxygen atoms in total. The predicted molar refractivity (Wildman–Crippen MR) is 77.1 cm³/mol. The van der Waals surface area contributed by atoms with Gasteiger partial charge in [-0.3, -0.25) is 9.78 Å². The molecule has 0 aliphatic rings. The Morgan fingerprint density at radius 2 is 1.92 bits per heavy atom. The Kier molecular flexibility index (Phi) is 5.18. The first kappa shape index (κ1) is 17.9. The summed E-state index contributed by atoms with van der Waals surface area (Å²) in [7, 11) is 0. The number of carbonyl (C=O) groups is 1. The third-order valence-electron chi connectivity index (χ3n) is 3.39. The zero-order valence-electron chi connectivity index (χ0n) is 12.5. The maximum absolute atomic E-state index is 14.0. The summed E-state index contributed by atoms with van der Waals surface area (Å²) in [4.78, 5) is 15.2. The van der Waals surface area contributed by atoms with Gasteiger partial charge in [-0.05, 0) is 36.8 Å². The van der Waals surface area contributed by atoms with Crippen molar-refractivity contribution in [3.8, 4) is 0 Å². The van der Waals surface area contributed by atoms with Crippen LogP contribution < -0.4 is 5.32 Å². The zero-order chi connectivity index (χ0) is 17.9. The molecule has 2 unspecified atom stereocenters. The molecule has 1 heterocycles. The maximum atomic E-state index is 14.0. The second kappa shape index (κ2) is 6.96. The van der Waals surface area contributed by atoms with Crippen LogP contribution in [0.25, 0.3) is 0 Å². The van der Waals surface area contributed by atoms with Gasteiger partial charge in [0.1, 0.15) is 5.69 Å². The largest absolute Gasteiger partial charge is 0.386 e. The highest BCUT2D eigenvalue weighted by molar-refractivity contribution is 5.84. The number of amides is 1. The summed E-state index contributed by atoms with van der Waals surface area (Å²) in [6.45, 7) is 1.26. The summed E-state index contributed by atoms with van der Waals surface area (Å²) in [5.74, 6) is -7.85. The normalized spacial score (nSPS) is 14.1. The number of nitrogens with zero attached hydrogens (tertiary/aromatic N) is 1. The quantitative estimate of drug-likeness (QED) is 0.822. The number of hydrogen-bond acceptors (Lipinski definition) is 3. The molecule has 0 aliphatic carbocycles. The molecule has 2 aromatic rings. The van der Waals surface area contributed by atoms with Crippen molar-refractivity contribution >= 4 is 5.91 Å². The number of alkyl halides is 2. The fourth-order valence-corrected chi connectivity index (χ4v) is 2.03. The molecule has 2 N–H and O–H groups in total. The van der Waals surface area contributed by atoms with Gasteiger partial charge < -0.3 is 10.4 Å². The van der Waals surface area contributed by atoms with E-state index in [2.05, 4.69) is 4.98 Å². The Bertz CT molecular complexity index is 725. The van der Waals surface area contributed by atoms with Gasteiger partial charge in [0.2, 0.25) is 0 Å². The van der Waals surface area contributed by atoms with E-state index in [0.717, 1.165) is 30.5 Å². The van der Waals surface area contributed by atoms with Crippen LogP contribution >= 0.6 is 0 Å². The number of hydrogen-bond donors (Lipinski definition) is 2. The Morgan fingerprint density at radius 3 is 2.50 bits per heavy atom. The van der Waals surface area contributed by atoms with Crippen LogP contribution in [0.2, 0.25) is 0 Å². The van der Waals surface area contributed by atoms with Gasteiger partial charge in [0.05, 0.1) is 12.1 Å². The monoisotopic (exact) mass is 342 g/mol. The molecule has 8 heteroatoms. The lowest BCUT2D eigenvalue weighted by Gasteiger charge is -2.23. The zero-order valence-corrected chi connectivity index (χ0v) is 12.5. The van der Waals surface area contributed by atoms with Crippen LogP contribution in [0, 0.1) is 11.6 Å². The van der Waals surface area contributed by atoms with Gasteiger partial charge in [0.15, 0.2) is 11.6 Å². The molecule has 0 aliphatic heterocycles. The van der Waals surface area contributed by atoms with Gasteiger partial charge in [-0.2, -0.15) is 8.78 Å². The second-order valence-electron chi connectivity index (χ2n) is 5.17. The average molecular weight is 342 g/mol. The third-order valence-corrected chi connectivity index (χ3v) is 3.39. The first-order valence-electron chi connectivity index (χ1n) is 6.96. The van der Waals surface area contributed by atoms with Crippen LogP contribution in [-0.2, 0) is 10.7 Å². The first-order chi connectivity index (χ1) is 11.2. The van der Waals surface area contributed by atoms with Gasteiger partial charge >= 0.3 is 5.92 Å². The Morgan fingerprint density at radius 1 is 1.21 bits per heavy atom. The highest BCUT2D eigenvalue weighted by atomic mass is 19.3. The third kappa shape index (κ3) is 3.70. The smallest absolute Gasteiger partial charge is 0.366 e. The van der Waals surface area contributed by atoms with E-state index in [4.69, 9.17) is 0 Å². The molecule has 0 radical (unpaired) electrons. The van der Waals surface area contributed by atoms with Crippen LogP contribution in [0.5, 0.6) is 0 Å². The van der Waals surface area contributed by atoms with Crippen LogP contribution in [0.4, 0.5) is 17.6 Å². The van der Waals surface area contributed by atoms with Crippen molar-refractivity contribution in [2.45, 2.75) is 25.0 Å². The van der Waals surface area contributed by atoms with Crippen molar-refractivity contribution in [1.82, 2.24) is 10.3 Å². The second-order valence-corrected chi connectivity index (χ2v) is 5.17. The van der Waals surface area contributed by atoms with E-state index in [9.17, 15) is 27.5 Å². The molecule has 1 amide bonds. The van der Waals surface area contributed by atoms with E-state index in [-0.39, 0.29) is 5.56 Å². The number of aromatic nitrogens is 1. The summed E-state index contributed by atoms with van der Waals surface area (Å²) in [6, 6.07) is 5.19. The van der Waals surface area contributed by atoms with E-state index < -0.39 is 41.3 Å². The lowest BCUT2D eigenvalue weighted by molar-refractivity contribution is -0.149. The number of aliphatic hydroxyl groups is 1. The van der Waals surface area contributed by atoms with E-state index in [0.29, 0.717) is 0 Å². The summed E-state index contributed by atoms with van der Waals surface area (Å²) >= 11 is 0. The lowest BCUT2D eigenvalue weighted by Crippen LogP contribution is -2.45. The van der Waals surface area contributed by atoms with Crippen molar-refractivity contribution in [1.29, 1.82) is 0 Å². The van der Waals surface area contributed by atoms with Gasteiger partial charge in [-0.1, -0.05) is 12.1 Å². The van der Waals surface area contributed by atoms with E-state index >= 15 is 0 Å². The van der Waals surface area contributed by atoms with Gasteiger partial charge in [0, 0.05) is 6.20 Å². The Balaban J connectivity index is 2.11. The van der Waals surface area contributed by atoms with Crippen molar-refractivity contribution < 1.29 is 27.5 Å².